The number of aryl methyl sites for hydroxylation is 2. The summed E-state index contributed by atoms with van der Waals surface area (Å²) in [5.74, 6) is 2.23. The molecule has 0 aliphatic rings. The normalized spacial score (nSPS) is 10.9. The van der Waals surface area contributed by atoms with Crippen LogP contribution in [-0.4, -0.2) is 9.97 Å². The molecular formula is C16H19ClN2O. The van der Waals surface area contributed by atoms with Gasteiger partial charge in [0.1, 0.15) is 16.7 Å². The van der Waals surface area contributed by atoms with Crippen LogP contribution in [0.5, 0.6) is 11.6 Å². The minimum atomic E-state index is 0.204. The minimum Gasteiger partial charge on any atom is -0.438 e. The van der Waals surface area contributed by atoms with Gasteiger partial charge in [0.15, 0.2) is 0 Å². The van der Waals surface area contributed by atoms with Crippen molar-refractivity contribution in [2.45, 2.75) is 40.5 Å². The van der Waals surface area contributed by atoms with Crippen LogP contribution in [0, 0.1) is 20.8 Å². The van der Waals surface area contributed by atoms with E-state index in [1.807, 2.05) is 33.8 Å². The average Bonchev–Trinajstić information content (AvgIpc) is 2.38. The molecule has 0 atom stereocenters. The molecule has 0 unspecified atom stereocenters. The molecule has 0 saturated heterocycles. The van der Waals surface area contributed by atoms with Crippen LogP contribution in [0.3, 0.4) is 0 Å². The third-order valence-corrected chi connectivity index (χ3v) is 3.48. The third-order valence-electron chi connectivity index (χ3n) is 3.29. The SMILES string of the molecule is Cc1ccc(C)c(Oc2cc(Cl)nc(C(C)C)n2)c1C. The Morgan fingerprint density at radius 1 is 1.05 bits per heavy atom. The summed E-state index contributed by atoms with van der Waals surface area (Å²) in [7, 11) is 0. The van der Waals surface area contributed by atoms with Crippen LogP contribution in [0.4, 0.5) is 0 Å². The number of ether oxygens (including phenoxy) is 1. The van der Waals surface area contributed by atoms with Gasteiger partial charge in [-0.2, -0.15) is 4.98 Å². The maximum Gasteiger partial charge on any atom is 0.224 e. The lowest BCUT2D eigenvalue weighted by Crippen LogP contribution is -2.01. The summed E-state index contributed by atoms with van der Waals surface area (Å²) in [6.45, 7) is 10.2. The highest BCUT2D eigenvalue weighted by molar-refractivity contribution is 6.29. The van der Waals surface area contributed by atoms with E-state index in [0.29, 0.717) is 16.9 Å². The molecule has 1 aromatic carbocycles. The first kappa shape index (κ1) is 14.8. The van der Waals surface area contributed by atoms with Gasteiger partial charge in [-0.1, -0.05) is 37.6 Å². The zero-order valence-electron chi connectivity index (χ0n) is 12.5. The predicted octanol–water partition coefficient (Wildman–Crippen LogP) is 4.97. The molecule has 20 heavy (non-hydrogen) atoms. The van der Waals surface area contributed by atoms with Gasteiger partial charge in [-0.15, -0.1) is 0 Å². The van der Waals surface area contributed by atoms with Crippen LogP contribution in [-0.2, 0) is 0 Å². The van der Waals surface area contributed by atoms with Crippen molar-refractivity contribution in [1.29, 1.82) is 0 Å². The Balaban J connectivity index is 2.43. The van der Waals surface area contributed by atoms with E-state index < -0.39 is 0 Å². The lowest BCUT2D eigenvalue weighted by Gasteiger charge is -2.14. The fourth-order valence-corrected chi connectivity index (χ4v) is 2.09. The smallest absolute Gasteiger partial charge is 0.224 e. The summed E-state index contributed by atoms with van der Waals surface area (Å²) < 4.78 is 5.96. The fourth-order valence-electron chi connectivity index (χ4n) is 1.91. The maximum atomic E-state index is 6.04. The first-order chi connectivity index (χ1) is 9.38. The molecule has 4 heteroatoms. The third kappa shape index (κ3) is 3.10. The van der Waals surface area contributed by atoms with E-state index in [1.54, 1.807) is 6.07 Å². The molecule has 0 aliphatic heterocycles. The molecule has 106 valence electrons. The topological polar surface area (TPSA) is 35.0 Å². The summed E-state index contributed by atoms with van der Waals surface area (Å²) in [4.78, 5) is 8.63. The molecular weight excluding hydrogens is 272 g/mol. The molecule has 2 rings (SSSR count). The Morgan fingerprint density at radius 2 is 1.70 bits per heavy atom. The number of rotatable bonds is 3. The lowest BCUT2D eigenvalue weighted by molar-refractivity contribution is 0.450. The van der Waals surface area contributed by atoms with Crippen LogP contribution in [0.25, 0.3) is 0 Å². The number of benzene rings is 1. The second kappa shape index (κ2) is 5.80. The molecule has 0 fully saturated rings. The number of halogens is 1. The zero-order chi connectivity index (χ0) is 14.9. The molecule has 0 aliphatic carbocycles. The van der Waals surface area contributed by atoms with Crippen LogP contribution >= 0.6 is 11.6 Å². The van der Waals surface area contributed by atoms with Crippen LogP contribution in [0.2, 0.25) is 5.15 Å². The highest BCUT2D eigenvalue weighted by atomic mass is 35.5. The molecule has 2 aromatic rings. The highest BCUT2D eigenvalue weighted by Gasteiger charge is 2.12. The fraction of sp³-hybridized carbons (Fsp3) is 0.375. The lowest BCUT2D eigenvalue weighted by atomic mass is 10.1. The first-order valence-electron chi connectivity index (χ1n) is 6.67. The van der Waals surface area contributed by atoms with Crippen LogP contribution in [0.1, 0.15) is 42.3 Å². The monoisotopic (exact) mass is 290 g/mol. The Labute approximate surface area is 125 Å². The number of nitrogens with zero attached hydrogens (tertiary/aromatic N) is 2. The summed E-state index contributed by atoms with van der Waals surface area (Å²) in [5.41, 5.74) is 3.38. The first-order valence-corrected chi connectivity index (χ1v) is 7.05. The van der Waals surface area contributed by atoms with Crippen molar-refractivity contribution in [3.63, 3.8) is 0 Å². The summed E-state index contributed by atoms with van der Waals surface area (Å²) in [5, 5.41) is 0.404. The Morgan fingerprint density at radius 3 is 2.35 bits per heavy atom. The van der Waals surface area contributed by atoms with Crippen molar-refractivity contribution in [2.24, 2.45) is 0 Å². The summed E-state index contributed by atoms with van der Waals surface area (Å²) in [6.07, 6.45) is 0. The number of hydrogen-bond donors (Lipinski definition) is 0. The molecule has 0 amide bonds. The molecule has 0 spiro atoms. The van der Waals surface area contributed by atoms with Gasteiger partial charge in [0.05, 0.1) is 0 Å². The van der Waals surface area contributed by atoms with Crippen molar-refractivity contribution >= 4 is 11.6 Å². The van der Waals surface area contributed by atoms with Gasteiger partial charge in [-0.25, -0.2) is 4.98 Å². The van der Waals surface area contributed by atoms with E-state index in [-0.39, 0.29) is 5.92 Å². The van der Waals surface area contributed by atoms with Gasteiger partial charge in [-0.05, 0) is 37.5 Å². The zero-order valence-corrected chi connectivity index (χ0v) is 13.2. The molecule has 0 N–H and O–H groups in total. The van der Waals surface area contributed by atoms with Crippen molar-refractivity contribution in [1.82, 2.24) is 9.97 Å². The van der Waals surface area contributed by atoms with Crippen molar-refractivity contribution < 1.29 is 4.74 Å². The van der Waals surface area contributed by atoms with E-state index in [9.17, 15) is 0 Å². The second-order valence-corrected chi connectivity index (χ2v) is 5.68. The van der Waals surface area contributed by atoms with E-state index >= 15 is 0 Å². The second-order valence-electron chi connectivity index (χ2n) is 5.30. The van der Waals surface area contributed by atoms with Crippen molar-refractivity contribution in [3.05, 3.63) is 45.9 Å². The number of aromatic nitrogens is 2. The van der Waals surface area contributed by atoms with E-state index in [1.165, 1.54) is 5.56 Å². The van der Waals surface area contributed by atoms with Crippen molar-refractivity contribution in [3.8, 4) is 11.6 Å². The minimum absolute atomic E-state index is 0.204. The van der Waals surface area contributed by atoms with Crippen molar-refractivity contribution in [2.75, 3.05) is 0 Å². The van der Waals surface area contributed by atoms with Crippen LogP contribution < -0.4 is 4.74 Å². The average molecular weight is 291 g/mol. The molecule has 0 bridgehead atoms. The van der Waals surface area contributed by atoms with Gasteiger partial charge < -0.3 is 4.74 Å². The standard InChI is InChI=1S/C16H19ClN2O/c1-9(2)16-18-13(17)8-14(19-16)20-15-11(4)7-6-10(3)12(15)5/h6-9H,1-5H3. The van der Waals surface area contributed by atoms with E-state index in [4.69, 9.17) is 16.3 Å². The van der Waals surface area contributed by atoms with E-state index in [0.717, 1.165) is 16.9 Å². The Kier molecular flexibility index (Phi) is 4.29. The molecule has 0 radical (unpaired) electrons. The quantitative estimate of drug-likeness (QED) is 0.749. The van der Waals surface area contributed by atoms with E-state index in [2.05, 4.69) is 23.0 Å². The maximum absolute atomic E-state index is 6.04. The predicted molar refractivity (Wildman–Crippen MR) is 81.9 cm³/mol. The molecule has 1 aromatic heterocycles. The largest absolute Gasteiger partial charge is 0.438 e. The van der Waals surface area contributed by atoms with Gasteiger partial charge >= 0.3 is 0 Å². The van der Waals surface area contributed by atoms with Crippen LogP contribution in [0.15, 0.2) is 18.2 Å². The van der Waals surface area contributed by atoms with Gasteiger partial charge in [0, 0.05) is 12.0 Å². The van der Waals surface area contributed by atoms with Gasteiger partial charge in [0.2, 0.25) is 5.88 Å². The molecule has 0 saturated carbocycles. The highest BCUT2D eigenvalue weighted by Crippen LogP contribution is 2.31. The molecule has 3 nitrogen and oxygen atoms in total. The molecule has 1 heterocycles. The van der Waals surface area contributed by atoms with Gasteiger partial charge in [-0.3, -0.25) is 0 Å². The number of hydrogen-bond acceptors (Lipinski definition) is 3. The Bertz CT molecular complexity index is 639. The summed E-state index contributed by atoms with van der Waals surface area (Å²) in [6, 6.07) is 5.78. The van der Waals surface area contributed by atoms with Gasteiger partial charge in [0.25, 0.3) is 0 Å². The summed E-state index contributed by atoms with van der Waals surface area (Å²) >= 11 is 6.04. The Hall–Kier alpha value is -1.61.